The van der Waals surface area contributed by atoms with Gasteiger partial charge in [-0.3, -0.25) is 4.79 Å². The minimum atomic E-state index is 0.142. The lowest BCUT2D eigenvalue weighted by molar-refractivity contribution is -0.112. The van der Waals surface area contributed by atoms with Crippen LogP contribution in [0.25, 0.3) is 5.57 Å². The number of hydrogen-bond donors (Lipinski definition) is 0. The maximum atomic E-state index is 12.3. The third-order valence-corrected chi connectivity index (χ3v) is 5.64. The molecule has 1 saturated heterocycles. The van der Waals surface area contributed by atoms with Crippen LogP contribution in [0.4, 0.5) is 5.69 Å². The van der Waals surface area contributed by atoms with Crippen molar-refractivity contribution in [1.82, 2.24) is 0 Å². The molecule has 0 aromatic heterocycles. The highest BCUT2D eigenvalue weighted by molar-refractivity contribution is 8.23. The van der Waals surface area contributed by atoms with Gasteiger partial charge in [-0.1, -0.05) is 18.2 Å². The Labute approximate surface area is 109 Å². The van der Waals surface area contributed by atoms with Crippen molar-refractivity contribution in [1.29, 1.82) is 0 Å². The van der Waals surface area contributed by atoms with E-state index in [1.165, 1.54) is 10.7 Å². The number of anilines is 1. The number of thioether (sulfide) groups is 2. The van der Waals surface area contributed by atoms with Gasteiger partial charge in [0.15, 0.2) is 0 Å². The van der Waals surface area contributed by atoms with Gasteiger partial charge in [-0.25, -0.2) is 0 Å². The fourth-order valence-electron chi connectivity index (χ4n) is 2.14. The molecule has 2 nitrogen and oxygen atoms in total. The Morgan fingerprint density at radius 3 is 2.65 bits per heavy atom. The van der Waals surface area contributed by atoms with Gasteiger partial charge in [-0.15, -0.1) is 23.5 Å². The summed E-state index contributed by atoms with van der Waals surface area (Å²) in [5.41, 5.74) is 3.04. The molecule has 3 rings (SSSR count). The van der Waals surface area contributed by atoms with E-state index >= 15 is 0 Å². The second kappa shape index (κ2) is 4.42. The molecule has 1 fully saturated rings. The zero-order valence-electron chi connectivity index (χ0n) is 9.60. The molecule has 2 aliphatic heterocycles. The van der Waals surface area contributed by atoms with E-state index in [-0.39, 0.29) is 5.91 Å². The van der Waals surface area contributed by atoms with Crippen molar-refractivity contribution >= 4 is 40.7 Å². The Morgan fingerprint density at radius 2 is 1.88 bits per heavy atom. The van der Waals surface area contributed by atoms with Gasteiger partial charge in [0, 0.05) is 12.6 Å². The molecule has 1 amide bonds. The highest BCUT2D eigenvalue weighted by Crippen LogP contribution is 2.46. The van der Waals surface area contributed by atoms with Crippen molar-refractivity contribution in [3.63, 3.8) is 0 Å². The molecule has 0 unspecified atom stereocenters. The maximum Gasteiger partial charge on any atom is 0.260 e. The molecule has 0 radical (unpaired) electrons. The van der Waals surface area contributed by atoms with Crippen LogP contribution in [0, 0.1) is 0 Å². The number of para-hydroxylation sites is 1. The van der Waals surface area contributed by atoms with Crippen molar-refractivity contribution < 1.29 is 4.79 Å². The molecule has 0 bridgehead atoms. The van der Waals surface area contributed by atoms with Crippen molar-refractivity contribution in [3.05, 3.63) is 34.1 Å². The molecule has 0 N–H and O–H groups in total. The number of carbonyl (C=O) groups is 1. The van der Waals surface area contributed by atoms with Crippen LogP contribution in [0.15, 0.2) is 28.5 Å². The molecule has 1 aromatic rings. The first-order valence-electron chi connectivity index (χ1n) is 5.66. The van der Waals surface area contributed by atoms with E-state index in [1.807, 2.05) is 48.8 Å². The van der Waals surface area contributed by atoms with E-state index < -0.39 is 0 Å². The van der Waals surface area contributed by atoms with Gasteiger partial charge in [0.25, 0.3) is 5.91 Å². The van der Waals surface area contributed by atoms with Crippen molar-refractivity contribution in [2.24, 2.45) is 0 Å². The number of rotatable bonds is 0. The first kappa shape index (κ1) is 11.2. The van der Waals surface area contributed by atoms with E-state index in [1.54, 1.807) is 4.90 Å². The van der Waals surface area contributed by atoms with E-state index in [0.29, 0.717) is 0 Å². The molecular weight excluding hydrogens is 250 g/mol. The molecule has 17 heavy (non-hydrogen) atoms. The zero-order valence-corrected chi connectivity index (χ0v) is 11.2. The molecule has 0 atom stereocenters. The maximum absolute atomic E-state index is 12.3. The molecule has 0 spiro atoms. The SMILES string of the molecule is CN1C(=O)C(=C2SCCCS2)c2ccccc21. The lowest BCUT2D eigenvalue weighted by Gasteiger charge is -2.15. The van der Waals surface area contributed by atoms with Crippen LogP contribution in [0.2, 0.25) is 0 Å². The van der Waals surface area contributed by atoms with E-state index in [2.05, 4.69) is 6.07 Å². The summed E-state index contributed by atoms with van der Waals surface area (Å²) in [5.74, 6) is 2.40. The quantitative estimate of drug-likeness (QED) is 0.670. The van der Waals surface area contributed by atoms with Crippen LogP contribution in [0.3, 0.4) is 0 Å². The number of likely N-dealkylation sites (N-methyl/N-ethyl adjacent to an activating group) is 1. The summed E-state index contributed by atoms with van der Waals surface area (Å²) in [6.45, 7) is 0. The summed E-state index contributed by atoms with van der Waals surface area (Å²) < 4.78 is 1.21. The Morgan fingerprint density at radius 1 is 1.18 bits per heavy atom. The molecule has 0 aliphatic carbocycles. The minimum absolute atomic E-state index is 0.142. The van der Waals surface area contributed by atoms with Gasteiger partial charge in [0.1, 0.15) is 0 Å². The van der Waals surface area contributed by atoms with Crippen LogP contribution in [0.5, 0.6) is 0 Å². The standard InChI is InChI=1S/C13H13NOS2/c1-14-10-6-3-2-5-9(10)11(12(14)15)13-16-7-4-8-17-13/h2-3,5-6H,4,7-8H2,1H3. The topological polar surface area (TPSA) is 20.3 Å². The number of fused-ring (bicyclic) bond motifs is 1. The third-order valence-electron chi connectivity index (χ3n) is 3.01. The van der Waals surface area contributed by atoms with Gasteiger partial charge in [0.2, 0.25) is 0 Å². The number of amides is 1. The van der Waals surface area contributed by atoms with E-state index in [4.69, 9.17) is 0 Å². The predicted octanol–water partition coefficient (Wildman–Crippen LogP) is 3.20. The number of carbonyl (C=O) groups excluding carboxylic acids is 1. The molecule has 0 saturated carbocycles. The molecule has 2 heterocycles. The van der Waals surface area contributed by atoms with Gasteiger partial charge in [-0.05, 0) is 24.0 Å². The number of hydrogen-bond acceptors (Lipinski definition) is 3. The monoisotopic (exact) mass is 263 g/mol. The average molecular weight is 263 g/mol. The van der Waals surface area contributed by atoms with Crippen molar-refractivity contribution in [2.45, 2.75) is 6.42 Å². The summed E-state index contributed by atoms with van der Waals surface area (Å²) in [7, 11) is 1.85. The summed E-state index contributed by atoms with van der Waals surface area (Å²) >= 11 is 3.65. The fourth-order valence-corrected chi connectivity index (χ4v) is 4.79. The largest absolute Gasteiger partial charge is 0.311 e. The second-order valence-electron chi connectivity index (χ2n) is 4.09. The Hall–Kier alpha value is -0.870. The predicted molar refractivity (Wildman–Crippen MR) is 76.3 cm³/mol. The van der Waals surface area contributed by atoms with Gasteiger partial charge < -0.3 is 4.90 Å². The van der Waals surface area contributed by atoms with Crippen molar-refractivity contribution in [3.8, 4) is 0 Å². The first-order valence-corrected chi connectivity index (χ1v) is 7.63. The third kappa shape index (κ3) is 1.79. The summed E-state index contributed by atoms with van der Waals surface area (Å²) in [5, 5.41) is 0. The highest BCUT2D eigenvalue weighted by Gasteiger charge is 2.32. The van der Waals surface area contributed by atoms with Crippen LogP contribution in [-0.4, -0.2) is 24.5 Å². The molecule has 2 aliphatic rings. The second-order valence-corrected chi connectivity index (χ2v) is 6.56. The van der Waals surface area contributed by atoms with Gasteiger partial charge in [0.05, 0.1) is 15.5 Å². The van der Waals surface area contributed by atoms with E-state index in [9.17, 15) is 4.79 Å². The van der Waals surface area contributed by atoms with Crippen LogP contribution in [-0.2, 0) is 4.79 Å². The van der Waals surface area contributed by atoms with Gasteiger partial charge >= 0.3 is 0 Å². The highest BCUT2D eigenvalue weighted by atomic mass is 32.2. The number of benzene rings is 1. The molecular formula is C13H13NOS2. The Bertz CT molecular complexity index is 502. The normalized spacial score (nSPS) is 19.8. The van der Waals surface area contributed by atoms with Crippen LogP contribution in [0.1, 0.15) is 12.0 Å². The van der Waals surface area contributed by atoms with E-state index in [0.717, 1.165) is 28.3 Å². The summed E-state index contributed by atoms with van der Waals surface area (Å²) in [6.07, 6.45) is 1.23. The fraction of sp³-hybridized carbons (Fsp3) is 0.308. The minimum Gasteiger partial charge on any atom is -0.311 e. The summed E-state index contributed by atoms with van der Waals surface area (Å²) in [6, 6.07) is 8.05. The Balaban J connectivity index is 2.14. The smallest absolute Gasteiger partial charge is 0.260 e. The lowest BCUT2D eigenvalue weighted by atomic mass is 10.1. The van der Waals surface area contributed by atoms with Crippen LogP contribution >= 0.6 is 23.5 Å². The first-order chi connectivity index (χ1) is 8.29. The average Bonchev–Trinajstić information content (AvgIpc) is 2.64. The molecule has 4 heteroatoms. The molecule has 88 valence electrons. The van der Waals surface area contributed by atoms with Gasteiger partial charge in [-0.2, -0.15) is 0 Å². The summed E-state index contributed by atoms with van der Waals surface area (Å²) in [4.78, 5) is 14.1. The van der Waals surface area contributed by atoms with Crippen LogP contribution < -0.4 is 4.90 Å². The zero-order chi connectivity index (χ0) is 11.8. The lowest BCUT2D eigenvalue weighted by Crippen LogP contribution is -2.20. The molecule has 1 aromatic carbocycles. The number of nitrogens with zero attached hydrogens (tertiary/aromatic N) is 1. The van der Waals surface area contributed by atoms with Crippen molar-refractivity contribution in [2.75, 3.05) is 23.5 Å². The Kier molecular flexibility index (Phi) is 2.92.